The average molecular weight is 264 g/mol. The fraction of sp³-hybridized carbons (Fsp3) is 0.364. The molecule has 3 nitrogen and oxygen atoms in total. The third-order valence-corrected chi connectivity index (χ3v) is 2.40. The summed E-state index contributed by atoms with van der Waals surface area (Å²) in [4.78, 5) is 11.1. The van der Waals surface area contributed by atoms with Crippen molar-refractivity contribution in [2.24, 2.45) is 5.73 Å². The summed E-state index contributed by atoms with van der Waals surface area (Å²) in [5.74, 6) is -0.846. The Balaban J connectivity index is 3.10. The van der Waals surface area contributed by atoms with E-state index in [9.17, 15) is 13.6 Å². The number of ether oxygens (including phenoxy) is 1. The molecule has 0 aliphatic rings. The fourth-order valence-electron chi connectivity index (χ4n) is 1.11. The van der Waals surface area contributed by atoms with Gasteiger partial charge in [-0.25, -0.2) is 8.78 Å². The van der Waals surface area contributed by atoms with Crippen LogP contribution >= 0.6 is 11.6 Å². The molecule has 1 amide bonds. The van der Waals surface area contributed by atoms with Crippen LogP contribution in [0.25, 0.3) is 0 Å². The van der Waals surface area contributed by atoms with Gasteiger partial charge in [0.25, 0.3) is 12.3 Å². The van der Waals surface area contributed by atoms with Crippen LogP contribution in [0, 0.1) is 0 Å². The van der Waals surface area contributed by atoms with Crippen molar-refractivity contribution in [2.75, 3.05) is 0 Å². The zero-order chi connectivity index (χ0) is 13.2. The maximum Gasteiger partial charge on any atom is 0.267 e. The van der Waals surface area contributed by atoms with E-state index >= 15 is 0 Å². The first-order chi connectivity index (χ1) is 7.74. The van der Waals surface area contributed by atoms with E-state index in [-0.39, 0.29) is 16.3 Å². The number of benzene rings is 1. The number of hydrogen-bond acceptors (Lipinski definition) is 2. The summed E-state index contributed by atoms with van der Waals surface area (Å²) in [6.07, 6.45) is -2.74. The van der Waals surface area contributed by atoms with Crippen LogP contribution in [-0.2, 0) is 4.79 Å². The smallest absolute Gasteiger partial charge is 0.267 e. The van der Waals surface area contributed by atoms with Crippen LogP contribution in [0.5, 0.6) is 5.75 Å². The molecule has 2 N–H and O–H groups in total. The number of amides is 1. The number of carbonyl (C=O) groups is 1. The van der Waals surface area contributed by atoms with Crippen LogP contribution in [0.15, 0.2) is 18.2 Å². The zero-order valence-electron chi connectivity index (χ0n) is 9.34. The predicted molar refractivity (Wildman–Crippen MR) is 60.3 cm³/mol. The number of alkyl halides is 2. The van der Waals surface area contributed by atoms with Crippen LogP contribution in [-0.4, -0.2) is 11.5 Å². The van der Waals surface area contributed by atoms with Gasteiger partial charge in [-0.2, -0.15) is 0 Å². The quantitative estimate of drug-likeness (QED) is 0.908. The van der Waals surface area contributed by atoms with Crippen molar-refractivity contribution < 1.29 is 18.3 Å². The molecule has 0 unspecified atom stereocenters. The summed E-state index contributed by atoms with van der Waals surface area (Å²) in [5.41, 5.74) is 3.36. The normalized spacial score (nSPS) is 11.6. The highest BCUT2D eigenvalue weighted by molar-refractivity contribution is 6.30. The van der Waals surface area contributed by atoms with E-state index in [1.54, 1.807) is 0 Å². The summed E-state index contributed by atoms with van der Waals surface area (Å²) in [7, 11) is 0. The summed E-state index contributed by atoms with van der Waals surface area (Å²) < 4.78 is 30.7. The third kappa shape index (κ3) is 3.30. The van der Waals surface area contributed by atoms with E-state index in [1.165, 1.54) is 26.0 Å². The molecule has 1 aromatic carbocycles. The topological polar surface area (TPSA) is 52.3 Å². The minimum absolute atomic E-state index is 0.104. The lowest BCUT2D eigenvalue weighted by atomic mass is 10.1. The fourth-order valence-corrected chi connectivity index (χ4v) is 1.29. The Morgan fingerprint density at radius 2 is 2.06 bits per heavy atom. The van der Waals surface area contributed by atoms with Gasteiger partial charge in [0, 0.05) is 5.02 Å². The Labute approximate surface area is 103 Å². The lowest BCUT2D eigenvalue weighted by Gasteiger charge is -2.24. The SMILES string of the molecule is CC(C)(Oc1ccc(Cl)cc1C(F)F)C(N)=O. The molecular formula is C11H12ClF2NO2. The van der Waals surface area contributed by atoms with E-state index < -0.39 is 17.9 Å². The maximum absolute atomic E-state index is 12.7. The van der Waals surface area contributed by atoms with Crippen LogP contribution in [0.4, 0.5) is 8.78 Å². The van der Waals surface area contributed by atoms with Crippen molar-refractivity contribution >= 4 is 17.5 Å². The van der Waals surface area contributed by atoms with E-state index in [0.717, 1.165) is 6.07 Å². The first-order valence-corrected chi connectivity index (χ1v) is 5.18. The molecular weight excluding hydrogens is 252 g/mol. The monoisotopic (exact) mass is 263 g/mol. The molecule has 0 atom stereocenters. The molecule has 0 aliphatic heterocycles. The number of primary amides is 1. The van der Waals surface area contributed by atoms with Gasteiger partial charge in [-0.15, -0.1) is 0 Å². The molecule has 0 aliphatic carbocycles. The summed E-state index contributed by atoms with van der Waals surface area (Å²) >= 11 is 5.61. The Bertz CT molecular complexity index is 435. The van der Waals surface area contributed by atoms with Crippen molar-refractivity contribution in [2.45, 2.75) is 25.9 Å². The van der Waals surface area contributed by atoms with Gasteiger partial charge >= 0.3 is 0 Å². The van der Waals surface area contributed by atoms with Gasteiger partial charge in [-0.1, -0.05) is 11.6 Å². The number of halogens is 3. The van der Waals surface area contributed by atoms with Crippen LogP contribution in [0.3, 0.4) is 0 Å². The van der Waals surface area contributed by atoms with Gasteiger partial charge in [0.05, 0.1) is 5.56 Å². The van der Waals surface area contributed by atoms with Gasteiger partial charge in [0.15, 0.2) is 5.60 Å². The molecule has 0 saturated carbocycles. The van der Waals surface area contributed by atoms with Crippen LogP contribution in [0.2, 0.25) is 5.02 Å². The first kappa shape index (κ1) is 13.7. The van der Waals surface area contributed by atoms with E-state index in [4.69, 9.17) is 22.1 Å². The molecule has 0 heterocycles. The first-order valence-electron chi connectivity index (χ1n) is 4.80. The van der Waals surface area contributed by atoms with E-state index in [1.807, 2.05) is 0 Å². The van der Waals surface area contributed by atoms with Crippen molar-refractivity contribution in [3.8, 4) is 5.75 Å². The maximum atomic E-state index is 12.7. The number of rotatable bonds is 4. The Morgan fingerprint density at radius 3 is 2.53 bits per heavy atom. The highest BCUT2D eigenvalue weighted by Crippen LogP contribution is 2.33. The molecule has 0 aromatic heterocycles. The van der Waals surface area contributed by atoms with Crippen molar-refractivity contribution in [1.82, 2.24) is 0 Å². The van der Waals surface area contributed by atoms with Gasteiger partial charge < -0.3 is 10.5 Å². The summed E-state index contributed by atoms with van der Waals surface area (Å²) in [5, 5.41) is 0.171. The Hall–Kier alpha value is -1.36. The van der Waals surface area contributed by atoms with Gasteiger partial charge in [-0.3, -0.25) is 4.79 Å². The van der Waals surface area contributed by atoms with Crippen molar-refractivity contribution in [1.29, 1.82) is 0 Å². The van der Waals surface area contributed by atoms with Crippen LogP contribution in [0.1, 0.15) is 25.8 Å². The van der Waals surface area contributed by atoms with Gasteiger partial charge in [0.2, 0.25) is 0 Å². The number of hydrogen-bond donors (Lipinski definition) is 1. The minimum Gasteiger partial charge on any atom is -0.478 e. The summed E-state index contributed by atoms with van der Waals surface area (Å²) in [6.45, 7) is 2.80. The summed E-state index contributed by atoms with van der Waals surface area (Å²) in [6, 6.07) is 3.78. The van der Waals surface area contributed by atoms with Crippen LogP contribution < -0.4 is 10.5 Å². The Kier molecular flexibility index (Phi) is 3.93. The molecule has 94 valence electrons. The van der Waals surface area contributed by atoms with Gasteiger partial charge in [-0.05, 0) is 32.0 Å². The Morgan fingerprint density at radius 1 is 1.47 bits per heavy atom. The van der Waals surface area contributed by atoms with Gasteiger partial charge in [0.1, 0.15) is 5.75 Å². The largest absolute Gasteiger partial charge is 0.478 e. The van der Waals surface area contributed by atoms with E-state index in [0.29, 0.717) is 0 Å². The molecule has 0 saturated heterocycles. The third-order valence-electron chi connectivity index (χ3n) is 2.17. The molecule has 6 heteroatoms. The standard InChI is InChI=1S/C11H12ClF2NO2/c1-11(2,10(15)16)17-8-4-3-6(12)5-7(8)9(13)14/h3-5,9H,1-2H3,(H2,15,16). The average Bonchev–Trinajstić information content (AvgIpc) is 2.19. The van der Waals surface area contributed by atoms with Crippen molar-refractivity contribution in [3.63, 3.8) is 0 Å². The molecule has 0 radical (unpaired) electrons. The number of nitrogens with two attached hydrogens (primary N) is 1. The molecule has 17 heavy (non-hydrogen) atoms. The highest BCUT2D eigenvalue weighted by Gasteiger charge is 2.29. The second-order valence-electron chi connectivity index (χ2n) is 3.96. The second-order valence-corrected chi connectivity index (χ2v) is 4.40. The predicted octanol–water partition coefficient (Wildman–Crippen LogP) is 2.92. The molecule has 0 spiro atoms. The molecule has 0 fully saturated rings. The second kappa shape index (κ2) is 4.87. The number of carbonyl (C=O) groups excluding carboxylic acids is 1. The lowest BCUT2D eigenvalue weighted by Crippen LogP contribution is -2.43. The van der Waals surface area contributed by atoms with Crippen molar-refractivity contribution in [3.05, 3.63) is 28.8 Å². The molecule has 1 aromatic rings. The molecule has 1 rings (SSSR count). The minimum atomic E-state index is -2.74. The zero-order valence-corrected chi connectivity index (χ0v) is 10.1. The lowest BCUT2D eigenvalue weighted by molar-refractivity contribution is -0.130. The molecule has 0 bridgehead atoms. The highest BCUT2D eigenvalue weighted by atomic mass is 35.5. The van der Waals surface area contributed by atoms with E-state index in [2.05, 4.69) is 0 Å².